The average molecular weight is 532 g/mol. The Balaban J connectivity index is 1.32. The predicted molar refractivity (Wildman–Crippen MR) is 149 cm³/mol. The van der Waals surface area contributed by atoms with Crippen molar-refractivity contribution in [3.05, 3.63) is 78.0 Å². The van der Waals surface area contributed by atoms with E-state index in [4.69, 9.17) is 14.3 Å². The minimum Gasteiger partial charge on any atom is -0.481 e. The number of nitrogens with zero attached hydrogens (tertiary/aromatic N) is 2. The fourth-order valence-corrected chi connectivity index (χ4v) is 4.74. The first-order valence-corrected chi connectivity index (χ1v) is 13.9. The summed E-state index contributed by atoms with van der Waals surface area (Å²) < 4.78 is 11.5. The molecule has 0 spiro atoms. The van der Waals surface area contributed by atoms with Gasteiger partial charge in [0.05, 0.1) is 6.10 Å². The normalized spacial score (nSPS) is 14.3. The van der Waals surface area contributed by atoms with Crippen molar-refractivity contribution in [3.63, 3.8) is 0 Å². The number of amides is 1. The van der Waals surface area contributed by atoms with Crippen molar-refractivity contribution in [2.45, 2.75) is 70.3 Å². The molecule has 39 heavy (non-hydrogen) atoms. The molecule has 2 heterocycles. The van der Waals surface area contributed by atoms with Gasteiger partial charge in [0.15, 0.2) is 5.69 Å². The summed E-state index contributed by atoms with van der Waals surface area (Å²) in [6.45, 7) is 1.18. The summed E-state index contributed by atoms with van der Waals surface area (Å²) in [5.74, 6) is -0.648. The predicted octanol–water partition coefficient (Wildman–Crippen LogP) is 6.28. The summed E-state index contributed by atoms with van der Waals surface area (Å²) in [6, 6.07) is 11.7. The molecule has 1 fully saturated rings. The van der Waals surface area contributed by atoms with Crippen molar-refractivity contribution in [3.8, 4) is 11.5 Å². The van der Waals surface area contributed by atoms with E-state index in [2.05, 4.69) is 21.4 Å². The quantitative estimate of drug-likeness (QED) is 0.235. The van der Waals surface area contributed by atoms with Gasteiger partial charge in [-0.05, 0) is 67.9 Å². The maximum absolute atomic E-state index is 12.5. The summed E-state index contributed by atoms with van der Waals surface area (Å²) in [6.07, 6.45) is 16.7. The lowest BCUT2D eigenvalue weighted by Crippen LogP contribution is -2.26. The number of benzene rings is 1. The molecule has 206 valence electrons. The van der Waals surface area contributed by atoms with Crippen LogP contribution in [0.2, 0.25) is 0 Å². The second-order valence-corrected chi connectivity index (χ2v) is 9.85. The molecule has 1 aliphatic carbocycles. The number of oxazole rings is 1. The third kappa shape index (κ3) is 8.89. The van der Waals surface area contributed by atoms with Gasteiger partial charge in [0.1, 0.15) is 6.26 Å². The van der Waals surface area contributed by atoms with Gasteiger partial charge in [0, 0.05) is 43.1 Å². The number of nitrogens with one attached hydrogen (secondary N) is 1. The Labute approximate surface area is 229 Å². The van der Waals surface area contributed by atoms with Crippen molar-refractivity contribution in [2.24, 2.45) is 0 Å². The molecule has 2 N–H and O–H groups in total. The number of rotatable bonds is 14. The molecule has 3 aromatic rings. The summed E-state index contributed by atoms with van der Waals surface area (Å²) in [4.78, 5) is 31.9. The average Bonchev–Trinajstić information content (AvgIpc) is 3.46. The fraction of sp³-hybridized carbons (Fsp3) is 0.419. The molecule has 0 radical (unpaired) electrons. The molecule has 1 aromatic carbocycles. The van der Waals surface area contributed by atoms with Crippen LogP contribution in [0.25, 0.3) is 17.0 Å². The van der Waals surface area contributed by atoms with Crippen molar-refractivity contribution in [1.29, 1.82) is 0 Å². The summed E-state index contributed by atoms with van der Waals surface area (Å²) in [7, 11) is 0. The van der Waals surface area contributed by atoms with Gasteiger partial charge in [-0.2, -0.15) is 0 Å². The molecule has 2 aromatic heterocycles. The van der Waals surface area contributed by atoms with E-state index < -0.39 is 5.97 Å². The Hall–Kier alpha value is -3.78. The van der Waals surface area contributed by atoms with E-state index in [0.29, 0.717) is 31.6 Å². The molecular formula is C31H37N3O5. The van der Waals surface area contributed by atoms with Gasteiger partial charge >= 0.3 is 5.97 Å². The molecular weight excluding hydrogens is 494 g/mol. The Morgan fingerprint density at radius 2 is 1.87 bits per heavy atom. The summed E-state index contributed by atoms with van der Waals surface area (Å²) in [5.41, 5.74) is 4.04. The summed E-state index contributed by atoms with van der Waals surface area (Å²) in [5, 5.41) is 11.8. The van der Waals surface area contributed by atoms with Gasteiger partial charge in [0.2, 0.25) is 5.89 Å². The maximum atomic E-state index is 12.5. The van der Waals surface area contributed by atoms with Gasteiger partial charge in [-0.3, -0.25) is 14.6 Å². The van der Waals surface area contributed by atoms with E-state index in [9.17, 15) is 9.59 Å². The van der Waals surface area contributed by atoms with Crippen LogP contribution < -0.4 is 5.32 Å². The molecule has 4 rings (SSSR count). The number of carboxylic acids is 1. The molecule has 0 unspecified atom stereocenters. The minimum absolute atomic E-state index is 0.176. The van der Waals surface area contributed by atoms with Crippen molar-refractivity contribution in [2.75, 3.05) is 13.2 Å². The molecule has 1 aliphatic rings. The van der Waals surface area contributed by atoms with Crippen LogP contribution in [-0.2, 0) is 9.53 Å². The monoisotopic (exact) mass is 531 g/mol. The van der Waals surface area contributed by atoms with Crippen LogP contribution in [0.4, 0.5) is 0 Å². The number of hydrogen-bond acceptors (Lipinski definition) is 6. The van der Waals surface area contributed by atoms with Gasteiger partial charge < -0.3 is 19.6 Å². The second kappa shape index (κ2) is 15.0. The fourth-order valence-electron chi connectivity index (χ4n) is 4.74. The second-order valence-electron chi connectivity index (χ2n) is 9.85. The third-order valence-electron chi connectivity index (χ3n) is 6.86. The van der Waals surface area contributed by atoms with Gasteiger partial charge in [-0.1, -0.05) is 43.5 Å². The molecule has 0 bridgehead atoms. The molecule has 0 atom stereocenters. The highest BCUT2D eigenvalue weighted by Crippen LogP contribution is 2.27. The number of hydrogen-bond donors (Lipinski definition) is 2. The number of aliphatic carboxylic acids is 1. The molecule has 8 nitrogen and oxygen atoms in total. The van der Waals surface area contributed by atoms with E-state index >= 15 is 0 Å². The number of unbranched alkanes of at least 4 members (excludes halogenated alkanes) is 2. The number of allylic oxidation sites excluding steroid dienone is 1. The zero-order chi connectivity index (χ0) is 27.3. The highest BCUT2D eigenvalue weighted by Gasteiger charge is 2.15. The number of carboxylic acid groups (broad SMARTS) is 1. The standard InChI is InChI=1S/C31H37N3O5/c35-29(36)13-6-2-5-12-27(25-9-7-18-32-21-25)23-14-16-24(17-15-23)31-34-28(22-39-31)30(37)33-19-8-20-38-26-10-3-1-4-11-26/h7,9,12,14-18,21-22,26H,1-6,8,10-11,13,19-20H2,(H,33,37)(H,35,36)/b27-12-. The van der Waals surface area contributed by atoms with Crippen LogP contribution in [0, 0.1) is 0 Å². The first kappa shape index (κ1) is 28.2. The van der Waals surface area contributed by atoms with E-state index in [-0.39, 0.29) is 18.0 Å². The van der Waals surface area contributed by atoms with E-state index in [1.54, 1.807) is 6.20 Å². The lowest BCUT2D eigenvalue weighted by molar-refractivity contribution is -0.137. The number of carbonyl (C=O) groups excluding carboxylic acids is 1. The molecule has 0 saturated heterocycles. The van der Waals surface area contributed by atoms with Crippen molar-refractivity contribution in [1.82, 2.24) is 15.3 Å². The zero-order valence-corrected chi connectivity index (χ0v) is 22.3. The lowest BCUT2D eigenvalue weighted by Gasteiger charge is -2.21. The largest absolute Gasteiger partial charge is 0.481 e. The van der Waals surface area contributed by atoms with Crippen LogP contribution in [0.3, 0.4) is 0 Å². The third-order valence-corrected chi connectivity index (χ3v) is 6.86. The number of ether oxygens (including phenoxy) is 1. The van der Waals surface area contributed by atoms with E-state index in [1.165, 1.54) is 25.5 Å². The first-order valence-electron chi connectivity index (χ1n) is 13.9. The SMILES string of the molecule is O=C(O)CCCC/C=C(/c1ccc(-c2nc(C(=O)NCCCOC3CCCCC3)co2)cc1)c1cccnc1. The lowest BCUT2D eigenvalue weighted by atomic mass is 9.96. The molecule has 8 heteroatoms. The highest BCUT2D eigenvalue weighted by molar-refractivity contribution is 5.92. The summed E-state index contributed by atoms with van der Waals surface area (Å²) >= 11 is 0. The van der Waals surface area contributed by atoms with Crippen LogP contribution in [0.5, 0.6) is 0 Å². The Bertz CT molecular complexity index is 1210. The molecule has 0 aliphatic heterocycles. The molecule has 1 saturated carbocycles. The maximum Gasteiger partial charge on any atom is 0.303 e. The van der Waals surface area contributed by atoms with E-state index in [1.807, 2.05) is 42.6 Å². The van der Waals surface area contributed by atoms with Crippen molar-refractivity contribution >= 4 is 17.4 Å². The van der Waals surface area contributed by atoms with Crippen LogP contribution in [-0.4, -0.2) is 46.2 Å². The number of pyridine rings is 1. The Morgan fingerprint density at radius 3 is 2.62 bits per heavy atom. The van der Waals surface area contributed by atoms with Gasteiger partial charge in [-0.25, -0.2) is 4.98 Å². The smallest absolute Gasteiger partial charge is 0.303 e. The van der Waals surface area contributed by atoms with Gasteiger partial charge in [0.25, 0.3) is 5.91 Å². The van der Waals surface area contributed by atoms with Crippen molar-refractivity contribution < 1.29 is 23.8 Å². The van der Waals surface area contributed by atoms with Crippen LogP contribution >= 0.6 is 0 Å². The van der Waals surface area contributed by atoms with Gasteiger partial charge in [-0.15, -0.1) is 0 Å². The molecule has 1 amide bonds. The van der Waals surface area contributed by atoms with E-state index in [0.717, 1.165) is 54.4 Å². The topological polar surface area (TPSA) is 115 Å². The Kier molecular flexibility index (Phi) is 10.8. The number of carbonyl (C=O) groups is 2. The Morgan fingerprint density at radius 1 is 1.05 bits per heavy atom. The highest BCUT2D eigenvalue weighted by atomic mass is 16.5. The number of aromatic nitrogens is 2. The minimum atomic E-state index is -0.770. The zero-order valence-electron chi connectivity index (χ0n) is 22.3. The van der Waals surface area contributed by atoms with Crippen LogP contribution in [0.1, 0.15) is 85.8 Å². The van der Waals surface area contributed by atoms with Crippen LogP contribution in [0.15, 0.2) is 65.5 Å². The first-order chi connectivity index (χ1) is 19.1.